The molecule has 1 aromatic heterocycles. The normalized spacial score (nSPS) is 12.4. The predicted molar refractivity (Wildman–Crippen MR) is 87.2 cm³/mol. The highest BCUT2D eigenvalue weighted by Crippen LogP contribution is 2.08. The van der Waals surface area contributed by atoms with Crippen LogP contribution in [0, 0.1) is 11.8 Å². The molecule has 0 bridgehead atoms. The number of rotatable bonds is 7. The summed E-state index contributed by atoms with van der Waals surface area (Å²) in [6.45, 7) is 10.1. The van der Waals surface area contributed by atoms with Gasteiger partial charge in [-0.1, -0.05) is 33.0 Å². The van der Waals surface area contributed by atoms with Crippen LogP contribution in [0.1, 0.15) is 27.7 Å². The van der Waals surface area contributed by atoms with Crippen LogP contribution in [0.5, 0.6) is 0 Å². The summed E-state index contributed by atoms with van der Waals surface area (Å²) in [5.41, 5.74) is 5.59. The molecule has 0 amide bonds. The molecule has 0 saturated carbocycles. The number of hydrogen-bond acceptors (Lipinski definition) is 4. The molecule has 6 heteroatoms. The zero-order chi connectivity index (χ0) is 15.3. The van der Waals surface area contributed by atoms with Crippen molar-refractivity contribution in [2.24, 2.45) is 17.6 Å². The van der Waals surface area contributed by atoms with E-state index in [-0.39, 0.29) is 11.5 Å². The zero-order valence-electron chi connectivity index (χ0n) is 12.7. The molecule has 0 aliphatic carbocycles. The van der Waals surface area contributed by atoms with Crippen LogP contribution in [0.4, 0.5) is 5.82 Å². The second-order valence-electron chi connectivity index (χ2n) is 5.44. The highest BCUT2D eigenvalue weighted by atomic mass is 32.1. The maximum absolute atomic E-state index is 12.5. The van der Waals surface area contributed by atoms with E-state index in [2.05, 4.69) is 18.8 Å². The first-order valence-electron chi connectivity index (χ1n) is 6.96. The van der Waals surface area contributed by atoms with Crippen molar-refractivity contribution in [1.29, 1.82) is 0 Å². The maximum atomic E-state index is 12.5. The Labute approximate surface area is 125 Å². The number of aromatic nitrogens is 2. The van der Waals surface area contributed by atoms with Crippen molar-refractivity contribution in [1.82, 2.24) is 9.55 Å². The Morgan fingerprint density at radius 2 is 2.15 bits per heavy atom. The quantitative estimate of drug-likeness (QED) is 0.775. The van der Waals surface area contributed by atoms with E-state index in [4.69, 9.17) is 18.0 Å². The van der Waals surface area contributed by atoms with E-state index >= 15 is 0 Å². The Bertz CT molecular complexity index is 512. The van der Waals surface area contributed by atoms with Crippen LogP contribution in [0.3, 0.4) is 0 Å². The van der Waals surface area contributed by atoms with Gasteiger partial charge in [0.15, 0.2) is 5.82 Å². The van der Waals surface area contributed by atoms with Crippen molar-refractivity contribution in [3.63, 3.8) is 0 Å². The number of anilines is 1. The molecule has 0 saturated heterocycles. The average Bonchev–Trinajstić information content (AvgIpc) is 2.38. The molecule has 0 fully saturated rings. The molecule has 112 valence electrons. The van der Waals surface area contributed by atoms with Crippen molar-refractivity contribution in [2.45, 2.75) is 34.2 Å². The smallest absolute Gasteiger partial charge is 0.293 e. The van der Waals surface area contributed by atoms with E-state index in [0.29, 0.717) is 36.4 Å². The van der Waals surface area contributed by atoms with Gasteiger partial charge >= 0.3 is 0 Å². The zero-order valence-corrected chi connectivity index (χ0v) is 13.5. The van der Waals surface area contributed by atoms with Gasteiger partial charge in [-0.05, 0) is 12.8 Å². The monoisotopic (exact) mass is 296 g/mol. The Hall–Kier alpha value is -1.43. The van der Waals surface area contributed by atoms with Crippen LogP contribution in [0.2, 0.25) is 0 Å². The van der Waals surface area contributed by atoms with Crippen molar-refractivity contribution >= 4 is 23.0 Å². The summed E-state index contributed by atoms with van der Waals surface area (Å²) in [5.74, 6) is 0.928. The molecule has 1 unspecified atom stereocenters. The molecule has 0 aliphatic rings. The highest BCUT2D eigenvalue weighted by molar-refractivity contribution is 7.80. The van der Waals surface area contributed by atoms with Gasteiger partial charge < -0.3 is 15.2 Å². The third-order valence-corrected chi connectivity index (χ3v) is 3.52. The SMILES string of the molecule is CCN(CC(C)C(N)=S)c1nccn(CC(C)C)c1=O. The van der Waals surface area contributed by atoms with Crippen molar-refractivity contribution in [3.8, 4) is 0 Å². The van der Waals surface area contributed by atoms with Crippen molar-refractivity contribution in [3.05, 3.63) is 22.7 Å². The Balaban J connectivity index is 3.04. The molecular formula is C14H24N4OS. The Morgan fingerprint density at radius 3 is 2.65 bits per heavy atom. The summed E-state index contributed by atoms with van der Waals surface area (Å²) in [4.78, 5) is 19.1. The van der Waals surface area contributed by atoms with Gasteiger partial charge in [-0.2, -0.15) is 0 Å². The summed E-state index contributed by atoms with van der Waals surface area (Å²) in [7, 11) is 0. The van der Waals surface area contributed by atoms with Crippen LogP contribution in [0.25, 0.3) is 0 Å². The first-order valence-corrected chi connectivity index (χ1v) is 7.37. The van der Waals surface area contributed by atoms with Gasteiger partial charge in [-0.25, -0.2) is 4.98 Å². The second kappa shape index (κ2) is 7.38. The molecule has 1 rings (SSSR count). The number of nitrogens with zero attached hydrogens (tertiary/aromatic N) is 3. The average molecular weight is 296 g/mol. The van der Waals surface area contributed by atoms with Crippen LogP contribution < -0.4 is 16.2 Å². The number of thiocarbonyl (C=S) groups is 1. The van der Waals surface area contributed by atoms with E-state index in [1.807, 2.05) is 18.7 Å². The molecule has 0 radical (unpaired) electrons. The summed E-state index contributed by atoms with van der Waals surface area (Å²) in [5, 5.41) is 0. The molecule has 0 aliphatic heterocycles. The molecule has 2 N–H and O–H groups in total. The molecule has 20 heavy (non-hydrogen) atoms. The van der Waals surface area contributed by atoms with Gasteiger partial charge in [-0.3, -0.25) is 4.79 Å². The van der Waals surface area contributed by atoms with Crippen LogP contribution >= 0.6 is 12.2 Å². The van der Waals surface area contributed by atoms with E-state index in [0.717, 1.165) is 0 Å². The van der Waals surface area contributed by atoms with E-state index < -0.39 is 0 Å². The molecule has 1 aromatic rings. The highest BCUT2D eigenvalue weighted by Gasteiger charge is 2.16. The summed E-state index contributed by atoms with van der Waals surface area (Å²) in [6.07, 6.45) is 3.41. The molecule has 5 nitrogen and oxygen atoms in total. The third kappa shape index (κ3) is 4.30. The standard InChI is InChI=1S/C14H24N4OS/c1-5-17(9-11(4)12(15)20)13-14(19)18(7-6-16-13)8-10(2)3/h6-7,10-11H,5,8-9H2,1-4H3,(H2,15,20). The summed E-state index contributed by atoms with van der Waals surface area (Å²) >= 11 is 5.00. The minimum atomic E-state index is -0.0572. The van der Waals surface area contributed by atoms with Crippen molar-refractivity contribution < 1.29 is 0 Å². The minimum Gasteiger partial charge on any atom is -0.393 e. The fourth-order valence-corrected chi connectivity index (χ4v) is 2.05. The van der Waals surface area contributed by atoms with E-state index in [1.54, 1.807) is 17.0 Å². The largest absolute Gasteiger partial charge is 0.393 e. The fourth-order valence-electron chi connectivity index (χ4n) is 1.98. The Morgan fingerprint density at radius 1 is 1.50 bits per heavy atom. The third-order valence-electron chi connectivity index (χ3n) is 3.12. The lowest BCUT2D eigenvalue weighted by molar-refractivity contribution is 0.507. The van der Waals surface area contributed by atoms with Gasteiger partial charge in [0.25, 0.3) is 5.56 Å². The summed E-state index contributed by atoms with van der Waals surface area (Å²) < 4.78 is 1.71. The molecule has 0 spiro atoms. The first-order chi connectivity index (χ1) is 9.36. The van der Waals surface area contributed by atoms with Gasteiger partial charge in [0, 0.05) is 37.9 Å². The number of nitrogens with two attached hydrogens (primary N) is 1. The van der Waals surface area contributed by atoms with Gasteiger partial charge in [0.2, 0.25) is 0 Å². The lowest BCUT2D eigenvalue weighted by Crippen LogP contribution is -2.39. The van der Waals surface area contributed by atoms with Crippen LogP contribution in [0.15, 0.2) is 17.2 Å². The lowest BCUT2D eigenvalue weighted by Gasteiger charge is -2.25. The molecule has 0 aromatic carbocycles. The predicted octanol–water partition coefficient (Wildman–Crippen LogP) is 1.65. The second-order valence-corrected chi connectivity index (χ2v) is 5.92. The topological polar surface area (TPSA) is 64.2 Å². The molecule has 1 heterocycles. The van der Waals surface area contributed by atoms with E-state index in [1.165, 1.54) is 0 Å². The van der Waals surface area contributed by atoms with Gasteiger partial charge in [0.1, 0.15) is 0 Å². The summed E-state index contributed by atoms with van der Waals surface area (Å²) in [6, 6.07) is 0. The molecular weight excluding hydrogens is 272 g/mol. The first kappa shape index (κ1) is 16.6. The maximum Gasteiger partial charge on any atom is 0.293 e. The van der Waals surface area contributed by atoms with Crippen molar-refractivity contribution in [2.75, 3.05) is 18.0 Å². The number of hydrogen-bond donors (Lipinski definition) is 1. The fraction of sp³-hybridized carbons (Fsp3) is 0.643. The van der Waals surface area contributed by atoms with E-state index in [9.17, 15) is 4.79 Å². The Kier molecular flexibility index (Phi) is 6.13. The van der Waals surface area contributed by atoms with Crippen LogP contribution in [-0.4, -0.2) is 27.6 Å². The van der Waals surface area contributed by atoms with Gasteiger partial charge in [0.05, 0.1) is 4.99 Å². The van der Waals surface area contributed by atoms with Gasteiger partial charge in [-0.15, -0.1) is 0 Å². The molecule has 1 atom stereocenters. The van der Waals surface area contributed by atoms with Crippen LogP contribution in [-0.2, 0) is 6.54 Å². The minimum absolute atomic E-state index is 0.0462. The lowest BCUT2D eigenvalue weighted by atomic mass is 10.1.